The van der Waals surface area contributed by atoms with E-state index < -0.39 is 0 Å². The molecule has 0 saturated heterocycles. The zero-order valence-corrected chi connectivity index (χ0v) is 9.95. The first-order valence-corrected chi connectivity index (χ1v) is 5.48. The molecule has 16 heavy (non-hydrogen) atoms. The predicted octanol–water partition coefficient (Wildman–Crippen LogP) is 3.28. The second kappa shape index (κ2) is 4.68. The lowest BCUT2D eigenvalue weighted by Crippen LogP contribution is -2.12. The van der Waals surface area contributed by atoms with Gasteiger partial charge in [0.15, 0.2) is 5.76 Å². The van der Waals surface area contributed by atoms with Gasteiger partial charge in [0, 0.05) is 5.56 Å². The van der Waals surface area contributed by atoms with Crippen molar-refractivity contribution in [2.75, 3.05) is 7.05 Å². The number of rotatable bonds is 3. The van der Waals surface area contributed by atoms with Crippen molar-refractivity contribution in [3.05, 3.63) is 41.4 Å². The molecule has 0 amide bonds. The van der Waals surface area contributed by atoms with Gasteiger partial charge in [-0.15, -0.1) is 0 Å². The van der Waals surface area contributed by atoms with E-state index in [1.54, 1.807) is 6.20 Å². The summed E-state index contributed by atoms with van der Waals surface area (Å²) in [5, 5.41) is 3.74. The molecule has 1 aromatic carbocycles. The van der Waals surface area contributed by atoms with Crippen molar-refractivity contribution < 1.29 is 4.42 Å². The molecular weight excluding hydrogens is 224 g/mol. The number of halogens is 1. The van der Waals surface area contributed by atoms with Crippen molar-refractivity contribution in [3.63, 3.8) is 0 Å². The average Bonchev–Trinajstić information content (AvgIpc) is 2.78. The van der Waals surface area contributed by atoms with Crippen LogP contribution in [0.1, 0.15) is 18.9 Å². The lowest BCUT2D eigenvalue weighted by Gasteiger charge is -2.04. The molecule has 1 unspecified atom stereocenters. The van der Waals surface area contributed by atoms with E-state index in [1.807, 2.05) is 38.2 Å². The topological polar surface area (TPSA) is 38.1 Å². The van der Waals surface area contributed by atoms with E-state index in [0.717, 1.165) is 5.56 Å². The van der Waals surface area contributed by atoms with Crippen LogP contribution in [0.5, 0.6) is 0 Å². The highest BCUT2D eigenvalue weighted by atomic mass is 35.5. The maximum absolute atomic E-state index is 6.08. The van der Waals surface area contributed by atoms with Crippen molar-refractivity contribution in [2.24, 2.45) is 0 Å². The lowest BCUT2D eigenvalue weighted by molar-refractivity contribution is 0.441. The first-order chi connectivity index (χ1) is 7.72. The maximum Gasteiger partial charge on any atom is 0.211 e. The summed E-state index contributed by atoms with van der Waals surface area (Å²) in [7, 11) is 1.87. The molecule has 1 atom stereocenters. The molecule has 3 nitrogen and oxygen atoms in total. The minimum absolute atomic E-state index is 0.0937. The zero-order chi connectivity index (χ0) is 11.5. The second-order valence-electron chi connectivity index (χ2n) is 3.55. The highest BCUT2D eigenvalue weighted by Gasteiger charge is 2.12. The second-order valence-corrected chi connectivity index (χ2v) is 3.96. The van der Waals surface area contributed by atoms with Crippen molar-refractivity contribution in [2.45, 2.75) is 13.0 Å². The van der Waals surface area contributed by atoms with E-state index in [9.17, 15) is 0 Å². The third-order valence-corrected chi connectivity index (χ3v) is 2.80. The SMILES string of the molecule is CNC(C)c1ncc(-c2ccccc2Cl)o1. The van der Waals surface area contributed by atoms with Gasteiger partial charge in [-0.1, -0.05) is 23.7 Å². The van der Waals surface area contributed by atoms with Gasteiger partial charge in [-0.25, -0.2) is 4.98 Å². The molecule has 2 aromatic rings. The normalized spacial score (nSPS) is 12.7. The van der Waals surface area contributed by atoms with Gasteiger partial charge in [0.1, 0.15) is 0 Å². The number of hydrogen-bond acceptors (Lipinski definition) is 3. The molecule has 84 valence electrons. The van der Waals surface area contributed by atoms with Gasteiger partial charge < -0.3 is 9.73 Å². The van der Waals surface area contributed by atoms with Crippen LogP contribution >= 0.6 is 11.6 Å². The molecule has 2 rings (SSSR count). The minimum Gasteiger partial charge on any atom is -0.439 e. The number of hydrogen-bond donors (Lipinski definition) is 1. The average molecular weight is 237 g/mol. The number of aromatic nitrogens is 1. The molecule has 0 saturated carbocycles. The molecule has 1 N–H and O–H groups in total. The summed E-state index contributed by atoms with van der Waals surface area (Å²) in [6.45, 7) is 1.99. The summed E-state index contributed by atoms with van der Waals surface area (Å²) in [4.78, 5) is 4.22. The van der Waals surface area contributed by atoms with Gasteiger partial charge in [0.25, 0.3) is 0 Å². The Morgan fingerprint density at radius 1 is 1.38 bits per heavy atom. The third-order valence-electron chi connectivity index (χ3n) is 2.47. The predicted molar refractivity (Wildman–Crippen MR) is 64.4 cm³/mol. The summed E-state index contributed by atoms with van der Waals surface area (Å²) in [6.07, 6.45) is 1.70. The first-order valence-electron chi connectivity index (χ1n) is 5.10. The van der Waals surface area contributed by atoms with Crippen molar-refractivity contribution in [1.29, 1.82) is 0 Å². The van der Waals surface area contributed by atoms with Crippen LogP contribution in [-0.4, -0.2) is 12.0 Å². The summed E-state index contributed by atoms with van der Waals surface area (Å²) in [5.74, 6) is 1.36. The monoisotopic (exact) mass is 236 g/mol. The molecule has 0 fully saturated rings. The standard InChI is InChI=1S/C12H13ClN2O/c1-8(14-2)12-15-7-11(16-12)9-5-3-4-6-10(9)13/h3-8,14H,1-2H3. The van der Waals surface area contributed by atoms with E-state index in [2.05, 4.69) is 10.3 Å². The number of benzene rings is 1. The zero-order valence-electron chi connectivity index (χ0n) is 9.20. The van der Waals surface area contributed by atoms with Gasteiger partial charge >= 0.3 is 0 Å². The maximum atomic E-state index is 6.08. The van der Waals surface area contributed by atoms with E-state index in [0.29, 0.717) is 16.7 Å². The van der Waals surface area contributed by atoms with Crippen LogP contribution in [0.4, 0.5) is 0 Å². The quantitative estimate of drug-likeness (QED) is 0.889. The largest absolute Gasteiger partial charge is 0.439 e. The van der Waals surface area contributed by atoms with Gasteiger partial charge in [-0.2, -0.15) is 0 Å². The van der Waals surface area contributed by atoms with Crippen LogP contribution < -0.4 is 5.32 Å². The molecule has 0 radical (unpaired) electrons. The fourth-order valence-corrected chi connectivity index (χ4v) is 1.63. The van der Waals surface area contributed by atoms with Crippen LogP contribution in [0.15, 0.2) is 34.9 Å². The Balaban J connectivity index is 2.35. The lowest BCUT2D eigenvalue weighted by atomic mass is 10.2. The van der Waals surface area contributed by atoms with E-state index in [1.165, 1.54) is 0 Å². The molecule has 0 aliphatic rings. The number of oxazole rings is 1. The minimum atomic E-state index is 0.0937. The van der Waals surface area contributed by atoms with Gasteiger partial charge in [-0.05, 0) is 26.1 Å². The van der Waals surface area contributed by atoms with Crippen LogP contribution in [-0.2, 0) is 0 Å². The van der Waals surface area contributed by atoms with Crippen LogP contribution in [0.25, 0.3) is 11.3 Å². The number of nitrogens with one attached hydrogen (secondary N) is 1. The van der Waals surface area contributed by atoms with E-state index in [4.69, 9.17) is 16.0 Å². The third kappa shape index (κ3) is 2.10. The Morgan fingerprint density at radius 2 is 2.12 bits per heavy atom. The molecule has 0 spiro atoms. The van der Waals surface area contributed by atoms with Crippen molar-refractivity contribution >= 4 is 11.6 Å². The van der Waals surface area contributed by atoms with Crippen LogP contribution in [0.3, 0.4) is 0 Å². The highest BCUT2D eigenvalue weighted by Crippen LogP contribution is 2.28. The van der Waals surface area contributed by atoms with E-state index >= 15 is 0 Å². The van der Waals surface area contributed by atoms with Crippen molar-refractivity contribution in [3.8, 4) is 11.3 Å². The highest BCUT2D eigenvalue weighted by molar-refractivity contribution is 6.33. The Bertz CT molecular complexity index is 481. The Labute approximate surface area is 99.5 Å². The summed E-state index contributed by atoms with van der Waals surface area (Å²) in [6, 6.07) is 7.65. The van der Waals surface area contributed by atoms with Gasteiger partial charge in [0.05, 0.1) is 17.3 Å². The summed E-state index contributed by atoms with van der Waals surface area (Å²) < 4.78 is 5.65. The van der Waals surface area contributed by atoms with Gasteiger partial charge in [-0.3, -0.25) is 0 Å². The van der Waals surface area contributed by atoms with Crippen LogP contribution in [0, 0.1) is 0 Å². The molecule has 0 aliphatic heterocycles. The molecule has 4 heteroatoms. The van der Waals surface area contributed by atoms with Crippen LogP contribution in [0.2, 0.25) is 5.02 Å². The molecular formula is C12H13ClN2O. The van der Waals surface area contributed by atoms with Gasteiger partial charge in [0.2, 0.25) is 5.89 Å². The fourth-order valence-electron chi connectivity index (χ4n) is 1.40. The Kier molecular flexibility index (Phi) is 3.27. The first kappa shape index (κ1) is 11.2. The van der Waals surface area contributed by atoms with E-state index in [-0.39, 0.29) is 6.04 Å². The molecule has 0 aliphatic carbocycles. The molecule has 1 aromatic heterocycles. The number of nitrogens with zero attached hydrogens (tertiary/aromatic N) is 1. The molecule has 1 heterocycles. The summed E-state index contributed by atoms with van der Waals surface area (Å²) in [5.41, 5.74) is 0.867. The Morgan fingerprint density at radius 3 is 2.81 bits per heavy atom. The summed E-state index contributed by atoms with van der Waals surface area (Å²) >= 11 is 6.08. The Hall–Kier alpha value is -1.32. The smallest absolute Gasteiger partial charge is 0.211 e. The fraction of sp³-hybridized carbons (Fsp3) is 0.250. The molecule has 0 bridgehead atoms. The van der Waals surface area contributed by atoms with Crippen molar-refractivity contribution in [1.82, 2.24) is 10.3 Å².